The van der Waals surface area contributed by atoms with Crippen molar-refractivity contribution in [3.8, 4) is 0 Å². The third-order valence-corrected chi connectivity index (χ3v) is 5.17. The van der Waals surface area contributed by atoms with Gasteiger partial charge in [-0.3, -0.25) is 0 Å². The highest BCUT2D eigenvalue weighted by molar-refractivity contribution is 6.31. The molecule has 4 N–H and O–H groups in total. The summed E-state index contributed by atoms with van der Waals surface area (Å²) in [6, 6.07) is 5.44. The minimum absolute atomic E-state index is 0.0105. The molecule has 0 saturated carbocycles. The van der Waals surface area contributed by atoms with Crippen LogP contribution >= 0.6 is 23.2 Å². The molecule has 2 aromatic carbocycles. The lowest BCUT2D eigenvalue weighted by molar-refractivity contribution is -0.139. The van der Waals surface area contributed by atoms with Crippen LogP contribution in [0.25, 0.3) is 0 Å². The van der Waals surface area contributed by atoms with Crippen LogP contribution in [-0.4, -0.2) is 25.3 Å². The van der Waals surface area contributed by atoms with Crippen molar-refractivity contribution in [2.45, 2.75) is 24.4 Å². The quantitative estimate of drug-likeness (QED) is 0.504. The summed E-state index contributed by atoms with van der Waals surface area (Å²) in [6.07, 6.45) is -8.96. The maximum Gasteiger partial charge on any atom is 0.416 e. The number of nitrogens with two attached hydrogens (primary N) is 2. The Morgan fingerprint density at radius 1 is 0.706 bits per heavy atom. The molecule has 4 rings (SSSR count). The van der Waals surface area contributed by atoms with Gasteiger partial charge in [0.2, 0.25) is 0 Å². The van der Waals surface area contributed by atoms with Gasteiger partial charge in [-0.15, -0.1) is 0 Å². The molecule has 2 aliphatic heterocycles. The maximum atomic E-state index is 12.8. The topological polar surface area (TPSA) is 95.2 Å². The van der Waals surface area contributed by atoms with E-state index in [1.807, 2.05) is 0 Å². The maximum absolute atomic E-state index is 12.8. The fourth-order valence-corrected chi connectivity index (χ4v) is 3.58. The van der Waals surface area contributed by atoms with Crippen LogP contribution in [-0.2, 0) is 21.8 Å². The molecule has 2 aromatic rings. The molecule has 0 bridgehead atoms. The second kappa shape index (κ2) is 9.79. The van der Waals surface area contributed by atoms with Crippen molar-refractivity contribution in [3.05, 3.63) is 68.7 Å². The fraction of sp³-hybridized carbons (Fsp3) is 0.300. The van der Waals surface area contributed by atoms with Crippen LogP contribution in [0.15, 0.2) is 46.4 Å². The summed E-state index contributed by atoms with van der Waals surface area (Å²) in [7, 11) is 0. The van der Waals surface area contributed by atoms with E-state index < -0.39 is 35.6 Å². The van der Waals surface area contributed by atoms with Crippen molar-refractivity contribution in [2.24, 2.45) is 21.5 Å². The van der Waals surface area contributed by atoms with Crippen LogP contribution in [0.4, 0.5) is 26.3 Å². The Hall–Kier alpha value is -2.86. The monoisotopic (exact) mass is 528 g/mol. The molecule has 0 fully saturated rings. The lowest BCUT2D eigenvalue weighted by Gasteiger charge is -2.15. The number of nitrogens with zero attached hydrogens (tertiary/aromatic N) is 2. The van der Waals surface area contributed by atoms with E-state index in [-0.39, 0.29) is 46.4 Å². The number of hydrogen-bond acceptors (Lipinski definition) is 6. The van der Waals surface area contributed by atoms with Crippen LogP contribution in [0.2, 0.25) is 10.0 Å². The molecule has 0 saturated heterocycles. The van der Waals surface area contributed by atoms with Gasteiger partial charge in [-0.2, -0.15) is 26.3 Å². The van der Waals surface area contributed by atoms with Gasteiger partial charge in [0.25, 0.3) is 12.0 Å². The average molecular weight is 529 g/mol. The molecule has 0 aromatic heterocycles. The Balaban J connectivity index is 0.000000191. The minimum Gasteiger partial charge on any atom is -0.463 e. The lowest BCUT2D eigenvalue weighted by atomic mass is 10.0. The normalized spacial score (nSPS) is 20.0. The van der Waals surface area contributed by atoms with Crippen molar-refractivity contribution in [1.82, 2.24) is 0 Å². The predicted octanol–water partition coefficient (Wildman–Crippen LogP) is 5.49. The second-order valence-corrected chi connectivity index (χ2v) is 7.92. The Morgan fingerprint density at radius 2 is 1.06 bits per heavy atom. The van der Waals surface area contributed by atoms with Gasteiger partial charge in [0.1, 0.15) is 25.3 Å². The highest BCUT2D eigenvalue weighted by atomic mass is 35.5. The van der Waals surface area contributed by atoms with E-state index in [4.69, 9.17) is 44.1 Å². The number of amidine groups is 2. The van der Waals surface area contributed by atoms with Crippen LogP contribution in [0.3, 0.4) is 0 Å². The van der Waals surface area contributed by atoms with Gasteiger partial charge in [-0.1, -0.05) is 35.3 Å². The fourth-order valence-electron chi connectivity index (χ4n) is 3.23. The summed E-state index contributed by atoms with van der Waals surface area (Å²) in [4.78, 5) is 7.58. The second-order valence-electron chi connectivity index (χ2n) is 7.05. The zero-order valence-corrected chi connectivity index (χ0v) is 18.4. The number of rotatable bonds is 2. The Bertz CT molecular complexity index is 1030. The van der Waals surface area contributed by atoms with Crippen molar-refractivity contribution in [3.63, 3.8) is 0 Å². The Labute approximate surface area is 199 Å². The molecule has 0 aliphatic carbocycles. The van der Waals surface area contributed by atoms with Crippen molar-refractivity contribution < 1.29 is 35.8 Å². The van der Waals surface area contributed by atoms with Gasteiger partial charge in [0.15, 0.2) is 0 Å². The first-order chi connectivity index (χ1) is 15.8. The van der Waals surface area contributed by atoms with Crippen LogP contribution < -0.4 is 11.5 Å². The SMILES string of the molecule is NC1=N[C@@H](c2ccc(Cl)cc2C(F)(F)F)CO1.NC1=N[C@H](c2ccc(Cl)cc2C(F)(F)F)CO1. The molecule has 34 heavy (non-hydrogen) atoms. The number of hydrogen-bond donors (Lipinski definition) is 2. The number of benzene rings is 2. The first-order valence-electron chi connectivity index (χ1n) is 9.41. The summed E-state index contributed by atoms with van der Waals surface area (Å²) < 4.78 is 86.5. The van der Waals surface area contributed by atoms with E-state index in [2.05, 4.69) is 9.98 Å². The summed E-state index contributed by atoms with van der Waals surface area (Å²) >= 11 is 11.1. The van der Waals surface area contributed by atoms with Gasteiger partial charge in [0, 0.05) is 10.0 Å². The van der Waals surface area contributed by atoms with Gasteiger partial charge < -0.3 is 20.9 Å². The smallest absolute Gasteiger partial charge is 0.416 e. The Morgan fingerprint density at radius 3 is 1.32 bits per heavy atom. The van der Waals surface area contributed by atoms with E-state index in [1.54, 1.807) is 0 Å². The van der Waals surface area contributed by atoms with Gasteiger partial charge >= 0.3 is 12.4 Å². The molecule has 2 aliphatic rings. The molecule has 0 unspecified atom stereocenters. The third-order valence-electron chi connectivity index (χ3n) is 4.70. The number of alkyl halides is 6. The molecule has 0 amide bonds. The molecule has 2 atom stereocenters. The lowest BCUT2D eigenvalue weighted by Crippen LogP contribution is -2.12. The van der Waals surface area contributed by atoms with Crippen molar-refractivity contribution >= 4 is 35.2 Å². The van der Waals surface area contributed by atoms with Crippen LogP contribution in [0.1, 0.15) is 34.3 Å². The van der Waals surface area contributed by atoms with Gasteiger partial charge in [0.05, 0.1) is 11.1 Å². The number of aliphatic imine (C=N–C) groups is 2. The van der Waals surface area contributed by atoms with Gasteiger partial charge in [-0.05, 0) is 35.4 Å². The zero-order valence-electron chi connectivity index (χ0n) is 16.9. The van der Waals surface area contributed by atoms with E-state index in [0.717, 1.165) is 12.1 Å². The Kier molecular flexibility index (Phi) is 7.41. The summed E-state index contributed by atoms with van der Waals surface area (Å²) in [5.74, 6) is 0. The highest BCUT2D eigenvalue weighted by Gasteiger charge is 2.37. The number of ether oxygens (including phenoxy) is 2. The van der Waals surface area contributed by atoms with E-state index >= 15 is 0 Å². The summed E-state index contributed by atoms with van der Waals surface area (Å²) in [5, 5.41) is 0.0499. The standard InChI is InChI=1S/2C10H8ClF3N2O/c2*11-5-1-2-6(7(3-5)10(12,13)14)8-4-17-9(15)16-8/h2*1-3,8H,4H2,(H2,15,16)/t2*8-/m10/s1. The third kappa shape index (κ3) is 6.17. The molecular weight excluding hydrogens is 513 g/mol. The number of halogens is 8. The predicted molar refractivity (Wildman–Crippen MR) is 114 cm³/mol. The highest BCUT2D eigenvalue weighted by Crippen LogP contribution is 2.39. The average Bonchev–Trinajstić information content (AvgIpc) is 3.35. The zero-order chi connectivity index (χ0) is 25.3. The van der Waals surface area contributed by atoms with E-state index in [1.165, 1.54) is 24.3 Å². The summed E-state index contributed by atoms with van der Waals surface area (Å²) in [6.45, 7) is 0.0209. The molecule has 2 heterocycles. The minimum atomic E-state index is -4.48. The first kappa shape index (κ1) is 25.8. The molecule has 6 nitrogen and oxygen atoms in total. The molecule has 14 heteroatoms. The van der Waals surface area contributed by atoms with E-state index in [9.17, 15) is 26.3 Å². The molecular formula is C20H16Cl2F6N4O2. The first-order valence-corrected chi connectivity index (χ1v) is 10.2. The largest absolute Gasteiger partial charge is 0.463 e. The van der Waals surface area contributed by atoms with E-state index in [0.29, 0.717) is 0 Å². The van der Waals surface area contributed by atoms with Crippen molar-refractivity contribution in [1.29, 1.82) is 0 Å². The van der Waals surface area contributed by atoms with Crippen molar-refractivity contribution in [2.75, 3.05) is 13.2 Å². The van der Waals surface area contributed by atoms with Crippen LogP contribution in [0.5, 0.6) is 0 Å². The molecule has 0 spiro atoms. The molecule has 184 valence electrons. The molecule has 0 radical (unpaired) electrons. The summed E-state index contributed by atoms with van der Waals surface area (Å²) in [5.41, 5.74) is 8.96. The van der Waals surface area contributed by atoms with Crippen LogP contribution in [0, 0.1) is 0 Å². The van der Waals surface area contributed by atoms with Gasteiger partial charge in [-0.25, -0.2) is 9.98 Å².